The number of carbonyl (C=O) groups is 1. The number of aromatic nitrogens is 2. The summed E-state index contributed by atoms with van der Waals surface area (Å²) < 4.78 is 10.1. The summed E-state index contributed by atoms with van der Waals surface area (Å²) in [5.74, 6) is 0.289. The Hall–Kier alpha value is -2.80. The zero-order chi connectivity index (χ0) is 15.5. The highest BCUT2D eigenvalue weighted by atomic mass is 35.5. The Balaban J connectivity index is 1.68. The zero-order valence-electron chi connectivity index (χ0n) is 11.2. The minimum Gasteiger partial charge on any atom is -0.472 e. The number of carbonyl (C=O) groups excluding carboxylic acids is 1. The summed E-state index contributed by atoms with van der Waals surface area (Å²) in [6, 6.07) is 6.59. The summed E-state index contributed by atoms with van der Waals surface area (Å²) in [5, 5.41) is 7.20. The first kappa shape index (κ1) is 14.2. The molecule has 112 valence electrons. The van der Waals surface area contributed by atoms with Gasteiger partial charge < -0.3 is 20.0 Å². The van der Waals surface area contributed by atoms with Gasteiger partial charge >= 0.3 is 0 Å². The number of hydrogen-bond acceptors (Lipinski definition) is 6. The van der Waals surface area contributed by atoms with E-state index in [0.29, 0.717) is 23.9 Å². The highest BCUT2D eigenvalue weighted by Crippen LogP contribution is 2.21. The molecular formula is C14H11ClN4O3. The molecule has 1 aromatic carbocycles. The van der Waals surface area contributed by atoms with Gasteiger partial charge in [0.15, 0.2) is 0 Å². The molecule has 0 radical (unpaired) electrons. The average molecular weight is 319 g/mol. The Morgan fingerprint density at radius 2 is 2.23 bits per heavy atom. The van der Waals surface area contributed by atoms with Crippen LogP contribution in [0.25, 0.3) is 11.4 Å². The molecule has 0 unspecified atom stereocenters. The van der Waals surface area contributed by atoms with E-state index in [4.69, 9.17) is 26.3 Å². The molecule has 2 aromatic heterocycles. The largest absolute Gasteiger partial charge is 0.472 e. The molecule has 7 nitrogen and oxygen atoms in total. The Bertz CT molecular complexity index is 798. The van der Waals surface area contributed by atoms with Gasteiger partial charge in [-0.1, -0.05) is 16.8 Å². The number of anilines is 1. The van der Waals surface area contributed by atoms with E-state index in [1.807, 2.05) is 0 Å². The van der Waals surface area contributed by atoms with E-state index in [0.717, 1.165) is 5.56 Å². The molecule has 0 bridgehead atoms. The van der Waals surface area contributed by atoms with Crippen molar-refractivity contribution >= 4 is 23.2 Å². The maximum Gasteiger partial charge on any atom is 0.250 e. The molecule has 8 heteroatoms. The van der Waals surface area contributed by atoms with Crippen LogP contribution in [-0.4, -0.2) is 16.0 Å². The summed E-state index contributed by atoms with van der Waals surface area (Å²) in [5.41, 5.74) is 6.91. The molecule has 0 aliphatic heterocycles. The van der Waals surface area contributed by atoms with Crippen LogP contribution in [0, 0.1) is 0 Å². The minimum atomic E-state index is -0.571. The Labute approximate surface area is 130 Å². The third-order valence-corrected chi connectivity index (χ3v) is 3.24. The van der Waals surface area contributed by atoms with Crippen LogP contribution in [-0.2, 0) is 6.54 Å². The average Bonchev–Trinajstić information content (AvgIpc) is 3.16. The number of nitrogens with zero attached hydrogens (tertiary/aromatic N) is 2. The van der Waals surface area contributed by atoms with Crippen molar-refractivity contribution < 1.29 is 13.7 Å². The van der Waals surface area contributed by atoms with Crippen molar-refractivity contribution in [3.63, 3.8) is 0 Å². The maximum absolute atomic E-state index is 11.1. The van der Waals surface area contributed by atoms with Gasteiger partial charge in [0.05, 0.1) is 29.0 Å². The Morgan fingerprint density at radius 1 is 1.36 bits per heavy atom. The highest BCUT2D eigenvalue weighted by Gasteiger charge is 2.10. The number of halogens is 1. The van der Waals surface area contributed by atoms with Crippen molar-refractivity contribution in [2.75, 3.05) is 5.32 Å². The van der Waals surface area contributed by atoms with Crippen LogP contribution in [0.5, 0.6) is 0 Å². The third-order valence-electron chi connectivity index (χ3n) is 2.93. The molecule has 0 spiro atoms. The van der Waals surface area contributed by atoms with Crippen LogP contribution in [0.2, 0.25) is 5.02 Å². The molecule has 0 fully saturated rings. The van der Waals surface area contributed by atoms with Gasteiger partial charge in [0.25, 0.3) is 0 Å². The van der Waals surface area contributed by atoms with Gasteiger partial charge in [0.2, 0.25) is 17.6 Å². The number of primary amides is 1. The van der Waals surface area contributed by atoms with E-state index in [2.05, 4.69) is 15.5 Å². The Morgan fingerprint density at radius 3 is 2.91 bits per heavy atom. The van der Waals surface area contributed by atoms with E-state index in [1.54, 1.807) is 24.3 Å². The lowest BCUT2D eigenvalue weighted by atomic mass is 10.2. The Kier molecular flexibility index (Phi) is 3.80. The monoisotopic (exact) mass is 318 g/mol. The lowest BCUT2D eigenvalue weighted by molar-refractivity contribution is 0.100. The van der Waals surface area contributed by atoms with Crippen LogP contribution < -0.4 is 11.1 Å². The van der Waals surface area contributed by atoms with Gasteiger partial charge in [-0.25, -0.2) is 0 Å². The second-order valence-corrected chi connectivity index (χ2v) is 4.84. The first-order chi connectivity index (χ1) is 10.6. The number of nitrogens with two attached hydrogens (primary N) is 1. The molecule has 0 aliphatic rings. The number of furan rings is 1. The van der Waals surface area contributed by atoms with Crippen LogP contribution >= 0.6 is 11.6 Å². The molecule has 2 heterocycles. The smallest absolute Gasteiger partial charge is 0.250 e. The van der Waals surface area contributed by atoms with Crippen molar-refractivity contribution in [3.05, 3.63) is 53.3 Å². The first-order valence-electron chi connectivity index (χ1n) is 6.32. The minimum absolute atomic E-state index is 0.271. The van der Waals surface area contributed by atoms with Crippen molar-refractivity contribution in [3.8, 4) is 11.4 Å². The molecule has 0 atom stereocenters. The number of nitrogens with one attached hydrogen (secondary N) is 1. The summed E-state index contributed by atoms with van der Waals surface area (Å²) >= 11 is 5.98. The summed E-state index contributed by atoms with van der Waals surface area (Å²) in [6.07, 6.45) is 3.07. The third kappa shape index (κ3) is 2.94. The fraction of sp³-hybridized carbons (Fsp3) is 0.0714. The van der Waals surface area contributed by atoms with Crippen molar-refractivity contribution in [1.29, 1.82) is 0 Å². The predicted molar refractivity (Wildman–Crippen MR) is 79.3 cm³/mol. The first-order valence-corrected chi connectivity index (χ1v) is 6.69. The highest BCUT2D eigenvalue weighted by molar-refractivity contribution is 6.34. The quantitative estimate of drug-likeness (QED) is 0.749. The summed E-state index contributed by atoms with van der Waals surface area (Å²) in [6.45, 7) is 0.317. The normalized spacial score (nSPS) is 10.6. The number of hydrogen-bond donors (Lipinski definition) is 2. The van der Waals surface area contributed by atoms with Gasteiger partial charge in [-0.05, 0) is 24.3 Å². The lowest BCUT2D eigenvalue weighted by Gasteiger charge is -2.05. The van der Waals surface area contributed by atoms with Crippen molar-refractivity contribution in [2.45, 2.75) is 6.54 Å². The van der Waals surface area contributed by atoms with Crippen LogP contribution in [0.15, 0.2) is 45.7 Å². The molecule has 1 amide bonds. The van der Waals surface area contributed by atoms with Crippen LogP contribution in [0.1, 0.15) is 16.2 Å². The number of benzene rings is 1. The number of rotatable bonds is 5. The second kappa shape index (κ2) is 5.90. The van der Waals surface area contributed by atoms with Crippen LogP contribution in [0.4, 0.5) is 5.69 Å². The topological polar surface area (TPSA) is 107 Å². The SMILES string of the molecule is NC(=O)c1ccc(NCc2nc(-c3ccoc3)no2)cc1Cl. The van der Waals surface area contributed by atoms with E-state index in [-0.39, 0.29) is 10.6 Å². The number of amides is 1. The van der Waals surface area contributed by atoms with Crippen molar-refractivity contribution in [1.82, 2.24) is 10.1 Å². The van der Waals surface area contributed by atoms with Gasteiger partial charge in [-0.3, -0.25) is 4.79 Å². The zero-order valence-corrected chi connectivity index (χ0v) is 12.0. The summed E-state index contributed by atoms with van der Waals surface area (Å²) in [4.78, 5) is 15.3. The predicted octanol–water partition coefficient (Wildman–Crippen LogP) is 2.69. The lowest BCUT2D eigenvalue weighted by Crippen LogP contribution is -2.11. The van der Waals surface area contributed by atoms with Crippen LogP contribution in [0.3, 0.4) is 0 Å². The van der Waals surface area contributed by atoms with Crippen molar-refractivity contribution in [2.24, 2.45) is 5.73 Å². The molecular weight excluding hydrogens is 308 g/mol. The molecule has 3 rings (SSSR count). The summed E-state index contributed by atoms with van der Waals surface area (Å²) in [7, 11) is 0. The van der Waals surface area contributed by atoms with E-state index in [9.17, 15) is 4.79 Å². The molecule has 3 aromatic rings. The van der Waals surface area contributed by atoms with Gasteiger partial charge in [-0.2, -0.15) is 4.98 Å². The molecule has 3 N–H and O–H groups in total. The second-order valence-electron chi connectivity index (χ2n) is 4.44. The van der Waals surface area contributed by atoms with Gasteiger partial charge in [0.1, 0.15) is 6.26 Å². The van der Waals surface area contributed by atoms with Gasteiger partial charge in [0, 0.05) is 5.69 Å². The molecule has 0 saturated heterocycles. The fourth-order valence-corrected chi connectivity index (χ4v) is 2.11. The standard InChI is InChI=1S/C14H11ClN4O3/c15-11-5-9(1-2-10(11)13(16)20)17-6-12-18-14(19-22-12)8-3-4-21-7-8/h1-5,7,17H,6H2,(H2,16,20). The molecule has 0 saturated carbocycles. The molecule has 0 aliphatic carbocycles. The maximum atomic E-state index is 11.1. The van der Waals surface area contributed by atoms with E-state index >= 15 is 0 Å². The van der Waals surface area contributed by atoms with Gasteiger partial charge in [-0.15, -0.1) is 0 Å². The fourth-order valence-electron chi connectivity index (χ4n) is 1.84. The van der Waals surface area contributed by atoms with E-state index < -0.39 is 5.91 Å². The molecule has 22 heavy (non-hydrogen) atoms. The van der Waals surface area contributed by atoms with E-state index in [1.165, 1.54) is 12.5 Å².